The molecular weight excluding hydrogens is 302 g/mol. The molecule has 0 aliphatic rings. The zero-order chi connectivity index (χ0) is 17.4. The van der Waals surface area contributed by atoms with Gasteiger partial charge in [-0.3, -0.25) is 4.79 Å². The summed E-state index contributed by atoms with van der Waals surface area (Å²) in [5, 5.41) is 13.2. The van der Waals surface area contributed by atoms with Gasteiger partial charge < -0.3 is 15.2 Å². The van der Waals surface area contributed by atoms with E-state index in [0.717, 1.165) is 5.56 Å². The first-order valence-electron chi connectivity index (χ1n) is 8.06. The topological polar surface area (TPSA) is 58.6 Å². The maximum atomic E-state index is 12.1. The van der Waals surface area contributed by atoms with Crippen molar-refractivity contribution in [1.82, 2.24) is 0 Å². The number of hydrogen-bond acceptors (Lipinski definition) is 4. The summed E-state index contributed by atoms with van der Waals surface area (Å²) in [6, 6.07) is 16.5. The van der Waals surface area contributed by atoms with E-state index in [1.165, 1.54) is 0 Å². The van der Waals surface area contributed by atoms with Crippen LogP contribution in [-0.4, -0.2) is 23.7 Å². The van der Waals surface area contributed by atoms with Crippen LogP contribution in [0.15, 0.2) is 60.7 Å². The molecule has 0 unspecified atom stereocenters. The van der Waals surface area contributed by atoms with Crippen molar-refractivity contribution in [3.8, 4) is 5.75 Å². The third kappa shape index (κ3) is 4.88. The summed E-state index contributed by atoms with van der Waals surface area (Å²) >= 11 is 0. The van der Waals surface area contributed by atoms with Gasteiger partial charge in [0.1, 0.15) is 5.75 Å². The van der Waals surface area contributed by atoms with Crippen LogP contribution in [0.4, 0.5) is 5.69 Å². The molecule has 2 aromatic rings. The minimum absolute atomic E-state index is 0.145. The van der Waals surface area contributed by atoms with E-state index in [2.05, 4.69) is 5.32 Å². The Labute approximate surface area is 142 Å². The van der Waals surface area contributed by atoms with Gasteiger partial charge in [0.2, 0.25) is 0 Å². The Morgan fingerprint density at radius 3 is 2.50 bits per heavy atom. The molecule has 4 nitrogen and oxygen atoms in total. The predicted molar refractivity (Wildman–Crippen MR) is 96.8 cm³/mol. The summed E-state index contributed by atoms with van der Waals surface area (Å²) in [4.78, 5) is 12.1. The van der Waals surface area contributed by atoms with Crippen LogP contribution < -0.4 is 5.32 Å². The van der Waals surface area contributed by atoms with Gasteiger partial charge in [0, 0.05) is 0 Å². The molecule has 24 heavy (non-hydrogen) atoms. The maximum Gasteiger partial charge on any atom is 0.311 e. The number of hydrogen-bond donors (Lipinski definition) is 2. The van der Waals surface area contributed by atoms with Crippen molar-refractivity contribution in [3.63, 3.8) is 0 Å². The highest BCUT2D eigenvalue weighted by atomic mass is 16.5. The zero-order valence-corrected chi connectivity index (χ0v) is 14.0. The Balaban J connectivity index is 2.22. The number of carbonyl (C=O) groups is 1. The molecule has 0 aliphatic carbocycles. The van der Waals surface area contributed by atoms with Crippen molar-refractivity contribution in [2.45, 2.75) is 19.9 Å². The second-order valence-corrected chi connectivity index (χ2v) is 5.50. The third-order valence-electron chi connectivity index (χ3n) is 3.72. The second-order valence-electron chi connectivity index (χ2n) is 5.50. The van der Waals surface area contributed by atoms with Crippen molar-refractivity contribution in [3.05, 3.63) is 66.2 Å². The minimum Gasteiger partial charge on any atom is -0.506 e. The number of rotatable bonds is 7. The molecule has 0 heterocycles. The van der Waals surface area contributed by atoms with E-state index in [0.29, 0.717) is 12.3 Å². The number of benzene rings is 2. The monoisotopic (exact) mass is 325 g/mol. The highest BCUT2D eigenvalue weighted by molar-refractivity contribution is 5.75. The fourth-order valence-corrected chi connectivity index (χ4v) is 2.31. The van der Waals surface area contributed by atoms with Crippen LogP contribution in [0.3, 0.4) is 0 Å². The quantitative estimate of drug-likeness (QED) is 0.595. The fourth-order valence-electron chi connectivity index (χ4n) is 2.31. The van der Waals surface area contributed by atoms with E-state index >= 15 is 0 Å². The Hall–Kier alpha value is -2.75. The van der Waals surface area contributed by atoms with Crippen LogP contribution in [0.5, 0.6) is 5.75 Å². The second kappa shape index (κ2) is 8.77. The Morgan fingerprint density at radius 1 is 1.17 bits per heavy atom. The van der Waals surface area contributed by atoms with E-state index in [-0.39, 0.29) is 17.8 Å². The summed E-state index contributed by atoms with van der Waals surface area (Å²) in [6.07, 6.45) is 3.87. The SMILES string of the molecule is CCOC(=O)[C@@H](C)[C@H](/C=C/c1ccccc1)Nc1ccccc1O. The highest BCUT2D eigenvalue weighted by Gasteiger charge is 2.23. The number of para-hydroxylation sites is 2. The van der Waals surface area contributed by atoms with E-state index in [4.69, 9.17) is 4.74 Å². The van der Waals surface area contributed by atoms with Crippen molar-refractivity contribution < 1.29 is 14.6 Å². The molecule has 0 fully saturated rings. The number of phenols is 1. The first-order valence-corrected chi connectivity index (χ1v) is 8.06. The van der Waals surface area contributed by atoms with Gasteiger partial charge in [0.15, 0.2) is 0 Å². The number of ether oxygens (including phenoxy) is 1. The van der Waals surface area contributed by atoms with Gasteiger partial charge in [-0.1, -0.05) is 54.6 Å². The van der Waals surface area contributed by atoms with E-state index < -0.39 is 5.92 Å². The molecule has 0 radical (unpaired) electrons. The van der Waals surface area contributed by atoms with Gasteiger partial charge in [-0.25, -0.2) is 0 Å². The number of esters is 1. The Morgan fingerprint density at radius 2 is 1.83 bits per heavy atom. The maximum absolute atomic E-state index is 12.1. The van der Waals surface area contributed by atoms with Crippen LogP contribution in [0.1, 0.15) is 19.4 Å². The highest BCUT2D eigenvalue weighted by Crippen LogP contribution is 2.25. The molecule has 0 bridgehead atoms. The summed E-state index contributed by atoms with van der Waals surface area (Å²) in [5.41, 5.74) is 1.62. The molecule has 2 rings (SSSR count). The molecule has 126 valence electrons. The van der Waals surface area contributed by atoms with Crippen molar-refractivity contribution in [2.24, 2.45) is 5.92 Å². The molecule has 0 aromatic heterocycles. The van der Waals surface area contributed by atoms with E-state index in [1.807, 2.05) is 55.5 Å². The van der Waals surface area contributed by atoms with Gasteiger partial charge in [-0.15, -0.1) is 0 Å². The number of anilines is 1. The van der Waals surface area contributed by atoms with Crippen LogP contribution >= 0.6 is 0 Å². The average Bonchev–Trinajstić information content (AvgIpc) is 2.60. The minimum atomic E-state index is -0.399. The standard InChI is InChI=1S/C20H23NO3/c1-3-24-20(23)15(2)17(14-13-16-9-5-4-6-10-16)21-18-11-7-8-12-19(18)22/h4-15,17,21-22H,3H2,1-2H3/b14-13+/t15-,17-/m0/s1. The third-order valence-corrected chi connectivity index (χ3v) is 3.72. The van der Waals surface area contributed by atoms with Gasteiger partial charge in [-0.2, -0.15) is 0 Å². The lowest BCUT2D eigenvalue weighted by atomic mass is 10.00. The van der Waals surface area contributed by atoms with Gasteiger partial charge in [0.05, 0.1) is 24.3 Å². The number of phenolic OH excluding ortho intramolecular Hbond substituents is 1. The zero-order valence-electron chi connectivity index (χ0n) is 14.0. The van der Waals surface area contributed by atoms with Crippen LogP contribution in [0.25, 0.3) is 6.08 Å². The van der Waals surface area contributed by atoms with E-state index in [9.17, 15) is 9.90 Å². The molecule has 2 aromatic carbocycles. The lowest BCUT2D eigenvalue weighted by Gasteiger charge is -2.22. The first kappa shape index (κ1) is 17.6. The summed E-state index contributed by atoms with van der Waals surface area (Å²) in [7, 11) is 0. The van der Waals surface area contributed by atoms with Crippen molar-refractivity contribution in [1.29, 1.82) is 0 Å². The molecule has 2 N–H and O–H groups in total. The summed E-state index contributed by atoms with van der Waals surface area (Å²) in [6.45, 7) is 3.94. The van der Waals surface area contributed by atoms with Crippen molar-refractivity contribution in [2.75, 3.05) is 11.9 Å². The van der Waals surface area contributed by atoms with E-state index in [1.54, 1.807) is 25.1 Å². The summed E-state index contributed by atoms with van der Waals surface area (Å²) in [5.74, 6) is -0.528. The predicted octanol–water partition coefficient (Wildman–Crippen LogP) is 4.09. The lowest BCUT2D eigenvalue weighted by molar-refractivity contribution is -0.147. The molecular formula is C20H23NO3. The van der Waals surface area contributed by atoms with Gasteiger partial charge in [0.25, 0.3) is 0 Å². The Bertz CT molecular complexity index is 682. The Kier molecular flexibility index (Phi) is 6.43. The lowest BCUT2D eigenvalue weighted by Crippen LogP contribution is -2.32. The van der Waals surface area contributed by atoms with Crippen LogP contribution in [-0.2, 0) is 9.53 Å². The molecule has 4 heteroatoms. The molecule has 2 atom stereocenters. The van der Waals surface area contributed by atoms with Crippen molar-refractivity contribution >= 4 is 17.7 Å². The van der Waals surface area contributed by atoms with Crippen LogP contribution in [0.2, 0.25) is 0 Å². The molecule has 0 aliphatic heterocycles. The molecule has 0 amide bonds. The normalized spacial score (nSPS) is 13.4. The molecule has 0 spiro atoms. The fraction of sp³-hybridized carbons (Fsp3) is 0.250. The summed E-state index contributed by atoms with van der Waals surface area (Å²) < 4.78 is 5.13. The average molecular weight is 325 g/mol. The van der Waals surface area contributed by atoms with Gasteiger partial charge in [-0.05, 0) is 31.5 Å². The number of carbonyl (C=O) groups excluding carboxylic acids is 1. The first-order chi connectivity index (χ1) is 11.6. The number of nitrogens with one attached hydrogen (secondary N) is 1. The smallest absolute Gasteiger partial charge is 0.311 e. The van der Waals surface area contributed by atoms with Crippen LogP contribution in [0, 0.1) is 5.92 Å². The number of aromatic hydroxyl groups is 1. The largest absolute Gasteiger partial charge is 0.506 e. The molecule has 0 saturated carbocycles. The van der Waals surface area contributed by atoms with Gasteiger partial charge >= 0.3 is 5.97 Å². The molecule has 0 saturated heterocycles.